The largest absolute Gasteiger partial charge is 0.491 e. The van der Waals surface area contributed by atoms with Crippen LogP contribution in [0, 0.1) is 13.8 Å². The maximum absolute atomic E-state index is 10.1. The summed E-state index contributed by atoms with van der Waals surface area (Å²) in [6.07, 6.45) is 1.63. The van der Waals surface area contributed by atoms with Gasteiger partial charge in [0.2, 0.25) is 0 Å². The second-order valence-corrected chi connectivity index (χ2v) is 6.33. The van der Waals surface area contributed by atoms with E-state index in [4.69, 9.17) is 9.47 Å². The minimum atomic E-state index is -0.524. The summed E-state index contributed by atoms with van der Waals surface area (Å²) >= 11 is 0. The van der Waals surface area contributed by atoms with Gasteiger partial charge in [-0.2, -0.15) is 0 Å². The Balaban J connectivity index is 1.75. The number of β-amino-alcohol motifs (C(OH)–C–C–N with tert-alkyl or cyclic N) is 1. The normalized spacial score (nSPS) is 23.8. The van der Waals surface area contributed by atoms with Crippen LogP contribution in [0.5, 0.6) is 5.75 Å². The van der Waals surface area contributed by atoms with Crippen molar-refractivity contribution in [3.8, 4) is 5.75 Å². The minimum absolute atomic E-state index is 0.0288. The molecule has 0 spiro atoms. The average molecular weight is 293 g/mol. The Bertz CT molecular complexity index is 455. The Morgan fingerprint density at radius 3 is 2.90 bits per heavy atom. The molecule has 1 heterocycles. The number of aryl methyl sites for hydroxylation is 2. The fourth-order valence-electron chi connectivity index (χ4n) is 2.64. The first kappa shape index (κ1) is 16.3. The summed E-state index contributed by atoms with van der Waals surface area (Å²) < 4.78 is 11.2. The van der Waals surface area contributed by atoms with Crippen LogP contribution < -0.4 is 10.1 Å². The highest BCUT2D eigenvalue weighted by Gasteiger charge is 2.27. The Labute approximate surface area is 127 Å². The van der Waals surface area contributed by atoms with Crippen molar-refractivity contribution >= 4 is 0 Å². The number of benzene rings is 1. The third-order valence-electron chi connectivity index (χ3n) is 3.96. The van der Waals surface area contributed by atoms with Gasteiger partial charge in [-0.05, 0) is 45.2 Å². The second-order valence-electron chi connectivity index (χ2n) is 6.33. The van der Waals surface area contributed by atoms with Crippen molar-refractivity contribution in [2.75, 3.05) is 26.4 Å². The molecule has 1 fully saturated rings. The smallest absolute Gasteiger partial charge is 0.122 e. The first-order valence-electron chi connectivity index (χ1n) is 7.69. The van der Waals surface area contributed by atoms with Crippen LogP contribution in [0.3, 0.4) is 0 Å². The van der Waals surface area contributed by atoms with Crippen LogP contribution in [0.25, 0.3) is 0 Å². The number of hydrogen-bond acceptors (Lipinski definition) is 4. The molecule has 4 nitrogen and oxygen atoms in total. The van der Waals surface area contributed by atoms with Crippen molar-refractivity contribution in [3.05, 3.63) is 29.3 Å². The molecule has 0 amide bonds. The predicted molar refractivity (Wildman–Crippen MR) is 83.9 cm³/mol. The van der Waals surface area contributed by atoms with Crippen molar-refractivity contribution in [2.24, 2.45) is 0 Å². The summed E-state index contributed by atoms with van der Waals surface area (Å²) in [6, 6.07) is 6.06. The van der Waals surface area contributed by atoms with Gasteiger partial charge >= 0.3 is 0 Å². The van der Waals surface area contributed by atoms with Gasteiger partial charge in [0, 0.05) is 18.7 Å². The molecule has 2 rings (SSSR count). The molecule has 2 unspecified atom stereocenters. The van der Waals surface area contributed by atoms with E-state index in [2.05, 4.69) is 25.2 Å². The summed E-state index contributed by atoms with van der Waals surface area (Å²) in [6.45, 7) is 8.59. The van der Waals surface area contributed by atoms with E-state index in [9.17, 15) is 5.11 Å². The topological polar surface area (TPSA) is 50.7 Å². The van der Waals surface area contributed by atoms with Crippen molar-refractivity contribution < 1.29 is 14.6 Å². The molecular formula is C17H27NO3. The van der Waals surface area contributed by atoms with Crippen LogP contribution in [0.2, 0.25) is 0 Å². The Hall–Kier alpha value is -1.10. The first-order valence-corrected chi connectivity index (χ1v) is 7.69. The van der Waals surface area contributed by atoms with Crippen molar-refractivity contribution in [2.45, 2.75) is 45.3 Å². The zero-order valence-electron chi connectivity index (χ0n) is 13.3. The summed E-state index contributed by atoms with van der Waals surface area (Å²) in [7, 11) is 0. The van der Waals surface area contributed by atoms with Gasteiger partial charge in [-0.1, -0.05) is 17.7 Å². The van der Waals surface area contributed by atoms with Crippen LogP contribution in [-0.4, -0.2) is 43.1 Å². The second kappa shape index (κ2) is 7.25. The molecule has 1 aromatic carbocycles. The molecule has 0 saturated carbocycles. The molecule has 0 bridgehead atoms. The fourth-order valence-corrected chi connectivity index (χ4v) is 2.64. The van der Waals surface area contributed by atoms with E-state index in [0.29, 0.717) is 19.8 Å². The van der Waals surface area contributed by atoms with Gasteiger partial charge in [-0.3, -0.25) is 0 Å². The number of rotatable bonds is 6. The van der Waals surface area contributed by atoms with Gasteiger partial charge in [0.15, 0.2) is 0 Å². The predicted octanol–water partition coefficient (Wildman–Crippen LogP) is 2.20. The van der Waals surface area contributed by atoms with Crippen molar-refractivity contribution in [1.82, 2.24) is 5.32 Å². The lowest BCUT2D eigenvalue weighted by Gasteiger charge is -2.35. The highest BCUT2D eigenvalue weighted by atomic mass is 16.5. The molecule has 2 N–H and O–H groups in total. The molecular weight excluding hydrogens is 266 g/mol. The Kier molecular flexibility index (Phi) is 5.62. The summed E-state index contributed by atoms with van der Waals surface area (Å²) in [5, 5.41) is 13.5. The van der Waals surface area contributed by atoms with Gasteiger partial charge in [-0.25, -0.2) is 0 Å². The maximum atomic E-state index is 10.1. The van der Waals surface area contributed by atoms with E-state index in [1.54, 1.807) is 0 Å². The molecule has 1 aliphatic rings. The van der Waals surface area contributed by atoms with E-state index >= 15 is 0 Å². The zero-order valence-corrected chi connectivity index (χ0v) is 13.3. The molecule has 1 aliphatic heterocycles. The minimum Gasteiger partial charge on any atom is -0.491 e. The van der Waals surface area contributed by atoms with Gasteiger partial charge in [0.25, 0.3) is 0 Å². The highest BCUT2D eigenvalue weighted by Crippen LogP contribution is 2.20. The molecule has 0 aromatic heterocycles. The van der Waals surface area contributed by atoms with Gasteiger partial charge < -0.3 is 19.9 Å². The molecule has 4 heteroatoms. The van der Waals surface area contributed by atoms with E-state index in [0.717, 1.165) is 30.8 Å². The van der Waals surface area contributed by atoms with E-state index in [1.807, 2.05) is 19.1 Å². The molecule has 0 radical (unpaired) electrons. The van der Waals surface area contributed by atoms with Crippen molar-refractivity contribution in [1.29, 1.82) is 0 Å². The van der Waals surface area contributed by atoms with Crippen LogP contribution >= 0.6 is 0 Å². The maximum Gasteiger partial charge on any atom is 0.122 e. The number of aliphatic hydroxyl groups is 1. The third-order valence-corrected chi connectivity index (χ3v) is 3.96. The van der Waals surface area contributed by atoms with E-state index in [-0.39, 0.29) is 5.54 Å². The lowest BCUT2D eigenvalue weighted by atomic mass is 9.95. The average Bonchev–Trinajstić information content (AvgIpc) is 2.45. The summed E-state index contributed by atoms with van der Waals surface area (Å²) in [5.41, 5.74) is 2.29. The highest BCUT2D eigenvalue weighted by molar-refractivity contribution is 5.35. The Morgan fingerprint density at radius 2 is 2.24 bits per heavy atom. The molecule has 1 aromatic rings. The quantitative estimate of drug-likeness (QED) is 0.844. The SMILES string of the molecule is Cc1ccc(OCC(O)CNC2(C)CCCOC2)c(C)c1. The number of ether oxygens (including phenoxy) is 2. The number of aliphatic hydroxyl groups excluding tert-OH is 1. The number of hydrogen-bond donors (Lipinski definition) is 2. The summed E-state index contributed by atoms with van der Waals surface area (Å²) in [4.78, 5) is 0. The molecule has 21 heavy (non-hydrogen) atoms. The molecule has 2 atom stereocenters. The van der Waals surface area contributed by atoms with Crippen LogP contribution in [-0.2, 0) is 4.74 Å². The Morgan fingerprint density at radius 1 is 1.43 bits per heavy atom. The van der Waals surface area contributed by atoms with Crippen LogP contribution in [0.4, 0.5) is 0 Å². The van der Waals surface area contributed by atoms with Crippen LogP contribution in [0.1, 0.15) is 30.9 Å². The molecule has 118 valence electrons. The lowest BCUT2D eigenvalue weighted by Crippen LogP contribution is -2.51. The van der Waals surface area contributed by atoms with E-state index in [1.165, 1.54) is 5.56 Å². The molecule has 0 aliphatic carbocycles. The van der Waals surface area contributed by atoms with E-state index < -0.39 is 6.10 Å². The van der Waals surface area contributed by atoms with Crippen LogP contribution in [0.15, 0.2) is 18.2 Å². The van der Waals surface area contributed by atoms with Gasteiger partial charge in [-0.15, -0.1) is 0 Å². The molecule has 1 saturated heterocycles. The summed E-state index contributed by atoms with van der Waals surface area (Å²) in [5.74, 6) is 0.840. The lowest BCUT2D eigenvalue weighted by molar-refractivity contribution is 0.0184. The number of nitrogens with one attached hydrogen (secondary N) is 1. The van der Waals surface area contributed by atoms with Gasteiger partial charge in [0.1, 0.15) is 18.5 Å². The standard InChI is InChI=1S/C17H27NO3/c1-13-5-6-16(14(2)9-13)21-11-15(19)10-18-17(3)7-4-8-20-12-17/h5-6,9,15,18-19H,4,7-8,10-12H2,1-3H3. The monoisotopic (exact) mass is 293 g/mol. The van der Waals surface area contributed by atoms with Gasteiger partial charge in [0.05, 0.1) is 6.61 Å². The van der Waals surface area contributed by atoms with Crippen molar-refractivity contribution in [3.63, 3.8) is 0 Å². The fraction of sp³-hybridized carbons (Fsp3) is 0.647. The third kappa shape index (κ3) is 4.99. The zero-order chi connectivity index (χ0) is 15.3. The first-order chi connectivity index (χ1) is 9.98.